The van der Waals surface area contributed by atoms with Crippen molar-refractivity contribution in [3.63, 3.8) is 0 Å². The van der Waals surface area contributed by atoms with Gasteiger partial charge in [-0.3, -0.25) is 19.2 Å². The van der Waals surface area contributed by atoms with Gasteiger partial charge in [-0.2, -0.15) is 0 Å². The van der Waals surface area contributed by atoms with Crippen LogP contribution in [0.4, 0.5) is 11.4 Å². The Morgan fingerprint density at radius 3 is 2.19 bits per heavy atom. The summed E-state index contributed by atoms with van der Waals surface area (Å²) in [5.41, 5.74) is 0.847. The van der Waals surface area contributed by atoms with Crippen molar-refractivity contribution in [1.29, 1.82) is 0 Å². The lowest BCUT2D eigenvalue weighted by Gasteiger charge is -2.23. The molecule has 0 saturated heterocycles. The van der Waals surface area contributed by atoms with Crippen LogP contribution in [0.25, 0.3) is 0 Å². The number of ketones is 2. The van der Waals surface area contributed by atoms with Gasteiger partial charge in [0.2, 0.25) is 11.8 Å². The molecule has 0 saturated carbocycles. The summed E-state index contributed by atoms with van der Waals surface area (Å²) in [5.74, 6) is -2.19. The van der Waals surface area contributed by atoms with Crippen molar-refractivity contribution in [2.75, 3.05) is 16.5 Å². The number of hydrogen-bond donors (Lipinski definition) is 2. The molecule has 2 aromatic carbocycles. The van der Waals surface area contributed by atoms with Crippen LogP contribution in [0, 0.1) is 0 Å². The molecule has 0 aromatic heterocycles. The quantitative estimate of drug-likeness (QED) is 0.652. The average Bonchev–Trinajstić information content (AvgIpc) is 2.66. The van der Waals surface area contributed by atoms with E-state index in [4.69, 9.17) is 23.2 Å². The molecule has 6 nitrogen and oxygen atoms in total. The molecule has 2 N–H and O–H groups in total. The van der Waals surface area contributed by atoms with Gasteiger partial charge in [0.15, 0.2) is 11.6 Å². The number of rotatable bonds is 4. The minimum atomic E-state index is -0.890. The predicted octanol–water partition coefficient (Wildman–Crippen LogP) is 3.21. The molecule has 8 heteroatoms. The zero-order valence-corrected chi connectivity index (χ0v) is 15.6. The third-order valence-corrected chi connectivity index (χ3v) is 4.54. The van der Waals surface area contributed by atoms with Crippen LogP contribution >= 0.6 is 23.2 Å². The zero-order valence-electron chi connectivity index (χ0n) is 14.1. The minimum absolute atomic E-state index is 0.0109. The Morgan fingerprint density at radius 2 is 1.59 bits per heavy atom. The molecule has 1 aliphatic carbocycles. The Labute approximate surface area is 164 Å². The zero-order chi connectivity index (χ0) is 19.7. The van der Waals surface area contributed by atoms with Gasteiger partial charge in [-0.1, -0.05) is 24.3 Å². The number of benzene rings is 2. The van der Waals surface area contributed by atoms with Crippen LogP contribution in [0.1, 0.15) is 38.8 Å². The van der Waals surface area contributed by atoms with Crippen molar-refractivity contribution in [3.05, 3.63) is 58.7 Å². The molecular formula is C19H14Cl2N2O4. The summed E-state index contributed by atoms with van der Waals surface area (Å²) in [6.45, 7) is 1.46. The number of anilines is 2. The number of amides is 2. The summed E-state index contributed by atoms with van der Waals surface area (Å²) in [7, 11) is 0. The van der Waals surface area contributed by atoms with Crippen molar-refractivity contribution < 1.29 is 19.2 Å². The number of nitrogens with one attached hydrogen (secondary N) is 2. The molecule has 0 bridgehead atoms. The highest BCUT2D eigenvalue weighted by atomic mass is 35.5. The van der Waals surface area contributed by atoms with E-state index in [0.717, 1.165) is 0 Å². The van der Waals surface area contributed by atoms with Crippen LogP contribution in [-0.2, 0) is 9.59 Å². The largest absolute Gasteiger partial charge is 0.323 e. The first-order chi connectivity index (χ1) is 12.8. The molecule has 0 heterocycles. The van der Waals surface area contributed by atoms with Crippen LogP contribution in [0.5, 0.6) is 0 Å². The van der Waals surface area contributed by atoms with Gasteiger partial charge >= 0.3 is 0 Å². The summed E-state index contributed by atoms with van der Waals surface area (Å²) < 4.78 is 0. The van der Waals surface area contributed by atoms with E-state index < -0.39 is 23.0 Å². The fraction of sp³-hybridized carbons (Fsp3) is 0.158. The molecule has 1 unspecified atom stereocenters. The molecule has 3 rings (SSSR count). The second-order valence-corrected chi connectivity index (χ2v) is 6.82. The van der Waals surface area contributed by atoms with E-state index in [9.17, 15) is 19.2 Å². The Bertz CT molecular complexity index is 986. The van der Waals surface area contributed by atoms with Crippen molar-refractivity contribution in [2.24, 2.45) is 0 Å². The Morgan fingerprint density at radius 1 is 0.963 bits per heavy atom. The molecule has 27 heavy (non-hydrogen) atoms. The topological polar surface area (TPSA) is 92.3 Å². The SMILES string of the molecule is CC(Cl)C(=O)Nc1c(NC(=O)CCl)ccc2c1C(=O)c1ccccc1C2=O. The number of carbonyl (C=O) groups is 4. The Kier molecular flexibility index (Phi) is 5.30. The smallest absolute Gasteiger partial charge is 0.242 e. The number of carbonyl (C=O) groups excluding carboxylic acids is 4. The van der Waals surface area contributed by atoms with Crippen LogP contribution in [0.3, 0.4) is 0 Å². The second kappa shape index (κ2) is 7.50. The number of alkyl halides is 2. The first-order valence-corrected chi connectivity index (χ1v) is 8.98. The molecule has 0 spiro atoms. The second-order valence-electron chi connectivity index (χ2n) is 5.90. The first kappa shape index (κ1) is 19.1. The highest BCUT2D eigenvalue weighted by Crippen LogP contribution is 2.37. The maximum atomic E-state index is 13.1. The van der Waals surface area contributed by atoms with Crippen molar-refractivity contribution in [2.45, 2.75) is 12.3 Å². The van der Waals surface area contributed by atoms with Gasteiger partial charge in [-0.15, -0.1) is 23.2 Å². The summed E-state index contributed by atoms with van der Waals surface area (Å²) in [6.07, 6.45) is 0. The average molecular weight is 405 g/mol. The molecule has 2 amide bonds. The third-order valence-electron chi connectivity index (χ3n) is 4.10. The number of fused-ring (bicyclic) bond motifs is 2. The van der Waals surface area contributed by atoms with Gasteiger partial charge in [0, 0.05) is 16.7 Å². The van der Waals surface area contributed by atoms with Crippen LogP contribution < -0.4 is 10.6 Å². The van der Waals surface area contributed by atoms with Crippen molar-refractivity contribution in [3.8, 4) is 0 Å². The highest BCUT2D eigenvalue weighted by molar-refractivity contribution is 6.35. The van der Waals surface area contributed by atoms with E-state index in [2.05, 4.69) is 10.6 Å². The summed E-state index contributed by atoms with van der Waals surface area (Å²) >= 11 is 11.4. The normalized spacial score (nSPS) is 13.4. The molecule has 1 aliphatic rings. The van der Waals surface area contributed by atoms with Crippen LogP contribution in [0.15, 0.2) is 36.4 Å². The van der Waals surface area contributed by atoms with Gasteiger partial charge in [-0.25, -0.2) is 0 Å². The number of halogens is 2. The number of hydrogen-bond acceptors (Lipinski definition) is 4. The van der Waals surface area contributed by atoms with E-state index >= 15 is 0 Å². The van der Waals surface area contributed by atoms with E-state index in [1.807, 2.05) is 0 Å². The molecule has 138 valence electrons. The fourth-order valence-corrected chi connectivity index (χ4v) is 2.95. The van der Waals surface area contributed by atoms with Crippen molar-refractivity contribution >= 4 is 58.0 Å². The molecule has 0 aliphatic heterocycles. The standard InChI is InChI=1S/C19H14Cl2N2O4/c1-9(21)19(27)23-16-13(22-14(24)8-20)7-6-12-15(16)18(26)11-5-3-2-4-10(11)17(12)25/h2-7,9H,8H2,1H3,(H,22,24)(H,23,27). The summed E-state index contributed by atoms with van der Waals surface area (Å²) in [4.78, 5) is 49.8. The lowest BCUT2D eigenvalue weighted by Crippen LogP contribution is -2.27. The summed E-state index contributed by atoms with van der Waals surface area (Å²) in [6, 6.07) is 9.31. The third kappa shape index (κ3) is 3.46. The van der Waals surface area contributed by atoms with Gasteiger partial charge < -0.3 is 10.6 Å². The maximum absolute atomic E-state index is 13.1. The molecule has 0 fully saturated rings. The van der Waals surface area contributed by atoms with Crippen molar-refractivity contribution in [1.82, 2.24) is 0 Å². The lowest BCUT2D eigenvalue weighted by molar-refractivity contribution is -0.116. The Balaban J connectivity index is 2.21. The molecular weight excluding hydrogens is 391 g/mol. The van der Waals surface area contributed by atoms with Crippen LogP contribution in [-0.4, -0.2) is 34.6 Å². The molecule has 2 aromatic rings. The van der Waals surface area contributed by atoms with Gasteiger partial charge in [0.25, 0.3) is 0 Å². The monoisotopic (exact) mass is 404 g/mol. The molecule has 1 atom stereocenters. The van der Waals surface area contributed by atoms with Gasteiger partial charge in [0.05, 0.1) is 16.9 Å². The summed E-state index contributed by atoms with van der Waals surface area (Å²) in [5, 5.41) is 4.18. The Hall–Kier alpha value is -2.70. The van der Waals surface area contributed by atoms with E-state index in [0.29, 0.717) is 0 Å². The van der Waals surface area contributed by atoms with Crippen LogP contribution in [0.2, 0.25) is 0 Å². The van der Waals surface area contributed by atoms with Gasteiger partial charge in [-0.05, 0) is 19.1 Å². The highest BCUT2D eigenvalue weighted by Gasteiger charge is 2.33. The van der Waals surface area contributed by atoms with E-state index in [1.54, 1.807) is 18.2 Å². The maximum Gasteiger partial charge on any atom is 0.242 e. The minimum Gasteiger partial charge on any atom is -0.323 e. The van der Waals surface area contributed by atoms with Gasteiger partial charge in [0.1, 0.15) is 11.3 Å². The fourth-order valence-electron chi connectivity index (χ4n) is 2.83. The first-order valence-electron chi connectivity index (χ1n) is 8.01. The van der Waals surface area contributed by atoms with E-state index in [1.165, 1.54) is 25.1 Å². The lowest BCUT2D eigenvalue weighted by atomic mass is 9.82. The molecule has 0 radical (unpaired) electrons. The van der Waals surface area contributed by atoms with E-state index in [-0.39, 0.29) is 45.3 Å². The predicted molar refractivity (Wildman–Crippen MR) is 103 cm³/mol.